The Kier molecular flexibility index (Phi) is 5.04. The smallest absolute Gasteiger partial charge is 0.124 e. The Bertz CT molecular complexity index is 586. The van der Waals surface area contributed by atoms with E-state index >= 15 is 0 Å². The Morgan fingerprint density at radius 3 is 2.70 bits per heavy atom. The summed E-state index contributed by atoms with van der Waals surface area (Å²) in [4.78, 5) is 0.901. The first-order valence-electron chi connectivity index (χ1n) is 6.41. The number of methoxy groups -OCH3 is 1. The van der Waals surface area contributed by atoms with Gasteiger partial charge in [0.25, 0.3) is 0 Å². The highest BCUT2D eigenvalue weighted by atomic mass is 32.2. The molecule has 0 fully saturated rings. The Morgan fingerprint density at radius 1 is 1.25 bits per heavy atom. The minimum absolute atomic E-state index is 0.0150. The van der Waals surface area contributed by atoms with E-state index in [4.69, 9.17) is 10.5 Å². The molecule has 20 heavy (non-hydrogen) atoms. The molecular formula is C16H18FNOS. The molecule has 1 unspecified atom stereocenters. The SMILES string of the molecule is COc1ccc(C(C)N)cc1CSc1cccc(F)c1. The molecule has 0 amide bonds. The first kappa shape index (κ1) is 14.9. The Balaban J connectivity index is 2.17. The molecule has 2 nitrogen and oxygen atoms in total. The zero-order valence-corrected chi connectivity index (χ0v) is 12.4. The van der Waals surface area contributed by atoms with Crippen molar-refractivity contribution in [3.05, 3.63) is 59.4 Å². The number of halogens is 1. The fourth-order valence-corrected chi connectivity index (χ4v) is 2.83. The van der Waals surface area contributed by atoms with Crippen LogP contribution in [-0.2, 0) is 5.75 Å². The fraction of sp³-hybridized carbons (Fsp3) is 0.250. The summed E-state index contributed by atoms with van der Waals surface area (Å²) in [6.45, 7) is 1.95. The molecule has 0 saturated heterocycles. The number of rotatable bonds is 5. The Morgan fingerprint density at radius 2 is 2.05 bits per heavy atom. The predicted octanol–water partition coefficient (Wildman–Crippen LogP) is 4.15. The molecule has 0 aromatic heterocycles. The summed E-state index contributed by atoms with van der Waals surface area (Å²) in [6.07, 6.45) is 0. The van der Waals surface area contributed by atoms with Gasteiger partial charge in [0.2, 0.25) is 0 Å². The number of benzene rings is 2. The van der Waals surface area contributed by atoms with E-state index in [1.54, 1.807) is 24.9 Å². The van der Waals surface area contributed by atoms with E-state index in [-0.39, 0.29) is 11.9 Å². The van der Waals surface area contributed by atoms with Gasteiger partial charge in [-0.1, -0.05) is 12.1 Å². The second-order valence-corrected chi connectivity index (χ2v) is 5.65. The molecule has 0 saturated carbocycles. The van der Waals surface area contributed by atoms with Crippen LogP contribution < -0.4 is 10.5 Å². The van der Waals surface area contributed by atoms with E-state index in [2.05, 4.69) is 6.07 Å². The topological polar surface area (TPSA) is 35.2 Å². The van der Waals surface area contributed by atoms with Gasteiger partial charge in [-0.2, -0.15) is 0 Å². The maximum atomic E-state index is 13.2. The third kappa shape index (κ3) is 3.74. The standard InChI is InChI=1S/C16H18FNOS/c1-11(18)12-6-7-16(19-2)13(8-12)10-20-15-5-3-4-14(17)9-15/h3-9,11H,10,18H2,1-2H3. The second-order valence-electron chi connectivity index (χ2n) is 4.61. The van der Waals surface area contributed by atoms with E-state index < -0.39 is 0 Å². The molecule has 2 rings (SSSR count). The van der Waals surface area contributed by atoms with Gasteiger partial charge in [-0.3, -0.25) is 0 Å². The molecule has 0 bridgehead atoms. The van der Waals surface area contributed by atoms with Crippen molar-refractivity contribution in [3.63, 3.8) is 0 Å². The number of ether oxygens (including phenoxy) is 1. The lowest BCUT2D eigenvalue weighted by atomic mass is 10.1. The fourth-order valence-electron chi connectivity index (χ4n) is 1.91. The van der Waals surface area contributed by atoms with Crippen LogP contribution in [-0.4, -0.2) is 7.11 Å². The van der Waals surface area contributed by atoms with Crippen LogP contribution in [0.1, 0.15) is 24.1 Å². The third-order valence-electron chi connectivity index (χ3n) is 3.02. The lowest BCUT2D eigenvalue weighted by Gasteiger charge is -2.12. The number of nitrogens with two attached hydrogens (primary N) is 1. The molecule has 1 atom stereocenters. The molecular weight excluding hydrogens is 273 g/mol. The zero-order chi connectivity index (χ0) is 14.5. The Labute approximate surface area is 123 Å². The van der Waals surface area contributed by atoms with Crippen molar-refractivity contribution in [3.8, 4) is 5.75 Å². The first-order valence-corrected chi connectivity index (χ1v) is 7.39. The van der Waals surface area contributed by atoms with Crippen molar-refractivity contribution >= 4 is 11.8 Å². The summed E-state index contributed by atoms with van der Waals surface area (Å²) in [5.74, 6) is 1.33. The van der Waals surface area contributed by atoms with E-state index in [1.165, 1.54) is 12.1 Å². The lowest BCUT2D eigenvalue weighted by molar-refractivity contribution is 0.411. The van der Waals surface area contributed by atoms with Gasteiger partial charge in [-0.25, -0.2) is 4.39 Å². The average molecular weight is 291 g/mol. The van der Waals surface area contributed by atoms with Gasteiger partial charge in [0.1, 0.15) is 11.6 Å². The van der Waals surface area contributed by atoms with E-state index in [1.807, 2.05) is 25.1 Å². The average Bonchev–Trinajstić information content (AvgIpc) is 2.44. The largest absolute Gasteiger partial charge is 0.496 e. The van der Waals surface area contributed by atoms with Gasteiger partial charge in [-0.05, 0) is 42.8 Å². The van der Waals surface area contributed by atoms with Crippen LogP contribution in [0.15, 0.2) is 47.4 Å². The molecule has 0 heterocycles. The monoisotopic (exact) mass is 291 g/mol. The molecule has 2 aromatic rings. The molecule has 2 aromatic carbocycles. The molecule has 0 aliphatic heterocycles. The molecule has 0 aliphatic rings. The summed E-state index contributed by atoms with van der Waals surface area (Å²) in [5, 5.41) is 0. The Hall–Kier alpha value is -1.52. The zero-order valence-electron chi connectivity index (χ0n) is 11.6. The van der Waals surface area contributed by atoms with E-state index in [0.29, 0.717) is 5.75 Å². The number of hydrogen-bond donors (Lipinski definition) is 1. The van der Waals surface area contributed by atoms with Gasteiger partial charge in [0, 0.05) is 22.3 Å². The minimum Gasteiger partial charge on any atom is -0.496 e. The molecule has 2 N–H and O–H groups in total. The van der Waals surface area contributed by atoms with Crippen LogP contribution in [0.25, 0.3) is 0 Å². The van der Waals surface area contributed by atoms with Crippen LogP contribution in [0.2, 0.25) is 0 Å². The molecule has 0 radical (unpaired) electrons. The summed E-state index contributed by atoms with van der Waals surface area (Å²) in [7, 11) is 1.65. The predicted molar refractivity (Wildman–Crippen MR) is 81.6 cm³/mol. The van der Waals surface area contributed by atoms with Crippen LogP contribution in [0, 0.1) is 5.82 Å². The van der Waals surface area contributed by atoms with Crippen molar-refractivity contribution in [1.82, 2.24) is 0 Å². The van der Waals surface area contributed by atoms with Crippen LogP contribution in [0.3, 0.4) is 0 Å². The third-order valence-corrected chi connectivity index (χ3v) is 4.06. The van der Waals surface area contributed by atoms with Crippen molar-refractivity contribution in [2.45, 2.75) is 23.6 Å². The molecule has 106 valence electrons. The molecule has 4 heteroatoms. The maximum absolute atomic E-state index is 13.2. The highest BCUT2D eigenvalue weighted by Crippen LogP contribution is 2.30. The minimum atomic E-state index is -0.216. The summed E-state index contributed by atoms with van der Waals surface area (Å²) in [6, 6.07) is 12.5. The highest BCUT2D eigenvalue weighted by Gasteiger charge is 2.08. The van der Waals surface area contributed by atoms with Crippen molar-refractivity contribution in [2.24, 2.45) is 5.73 Å². The number of thioether (sulfide) groups is 1. The lowest BCUT2D eigenvalue weighted by Crippen LogP contribution is -2.05. The molecule has 0 aliphatic carbocycles. The van der Waals surface area contributed by atoms with Gasteiger partial charge >= 0.3 is 0 Å². The normalized spacial score (nSPS) is 12.2. The van der Waals surface area contributed by atoms with Gasteiger partial charge < -0.3 is 10.5 Å². The second kappa shape index (κ2) is 6.77. The summed E-state index contributed by atoms with van der Waals surface area (Å²) in [5.41, 5.74) is 8.04. The van der Waals surface area contributed by atoms with Crippen LogP contribution in [0.4, 0.5) is 4.39 Å². The van der Waals surface area contributed by atoms with Crippen molar-refractivity contribution in [2.75, 3.05) is 7.11 Å². The van der Waals surface area contributed by atoms with Crippen molar-refractivity contribution in [1.29, 1.82) is 0 Å². The van der Waals surface area contributed by atoms with Gasteiger partial charge in [0.05, 0.1) is 7.11 Å². The van der Waals surface area contributed by atoms with E-state index in [0.717, 1.165) is 21.8 Å². The number of hydrogen-bond acceptors (Lipinski definition) is 3. The van der Waals surface area contributed by atoms with Crippen LogP contribution >= 0.6 is 11.8 Å². The highest BCUT2D eigenvalue weighted by molar-refractivity contribution is 7.98. The summed E-state index contributed by atoms with van der Waals surface area (Å²) >= 11 is 1.58. The van der Waals surface area contributed by atoms with Gasteiger partial charge in [-0.15, -0.1) is 11.8 Å². The maximum Gasteiger partial charge on any atom is 0.124 e. The quantitative estimate of drug-likeness (QED) is 0.841. The van der Waals surface area contributed by atoms with E-state index in [9.17, 15) is 4.39 Å². The van der Waals surface area contributed by atoms with Crippen molar-refractivity contribution < 1.29 is 9.13 Å². The van der Waals surface area contributed by atoms with Crippen LogP contribution in [0.5, 0.6) is 5.75 Å². The summed E-state index contributed by atoms with van der Waals surface area (Å²) < 4.78 is 18.5. The first-order chi connectivity index (χ1) is 9.60. The van der Waals surface area contributed by atoms with Gasteiger partial charge in [0.15, 0.2) is 0 Å². The molecule has 0 spiro atoms.